The summed E-state index contributed by atoms with van der Waals surface area (Å²) >= 11 is 1.04. The maximum absolute atomic E-state index is 12.2. The maximum atomic E-state index is 12.2. The van der Waals surface area contributed by atoms with Crippen molar-refractivity contribution in [3.05, 3.63) is 40.6 Å². The summed E-state index contributed by atoms with van der Waals surface area (Å²) in [6.45, 7) is 2.08. The van der Waals surface area contributed by atoms with Crippen molar-refractivity contribution in [3.63, 3.8) is 0 Å². The van der Waals surface area contributed by atoms with Crippen LogP contribution in [0, 0.1) is 0 Å². The number of anilines is 1. The highest BCUT2D eigenvalue weighted by Crippen LogP contribution is 2.25. The molecular weight excluding hydrogens is 324 g/mol. The average Bonchev–Trinajstić information content (AvgIpc) is 2.99. The number of benzene rings is 1. The first-order valence-electron chi connectivity index (χ1n) is 6.50. The Balaban J connectivity index is 2.22. The van der Waals surface area contributed by atoms with Crippen LogP contribution in [0.25, 0.3) is 0 Å². The summed E-state index contributed by atoms with van der Waals surface area (Å²) in [7, 11) is -2.09. The number of phenols is 1. The number of nitrogens with one attached hydrogen (secondary N) is 1. The predicted octanol–water partition coefficient (Wildman–Crippen LogP) is 2.35. The lowest BCUT2D eigenvalue weighted by Gasteiger charge is -2.12. The first-order chi connectivity index (χ1) is 10.4. The molecule has 1 amide bonds. The number of nitrogens with zero attached hydrogens (tertiary/aromatic N) is 1. The van der Waals surface area contributed by atoms with Crippen LogP contribution in [-0.4, -0.2) is 37.3 Å². The lowest BCUT2D eigenvalue weighted by Crippen LogP contribution is -2.26. The molecule has 0 aliphatic heterocycles. The number of carbonyl (C=O) groups excluding carboxylic acids is 1. The van der Waals surface area contributed by atoms with E-state index in [0.717, 1.165) is 11.3 Å². The van der Waals surface area contributed by atoms with Gasteiger partial charge in [0.2, 0.25) is 10.0 Å². The van der Waals surface area contributed by atoms with Crippen LogP contribution in [0.2, 0.25) is 0 Å². The van der Waals surface area contributed by atoms with Crippen LogP contribution in [0.4, 0.5) is 5.69 Å². The van der Waals surface area contributed by atoms with Crippen LogP contribution in [0.1, 0.15) is 16.6 Å². The van der Waals surface area contributed by atoms with Gasteiger partial charge in [-0.15, -0.1) is 11.3 Å². The SMILES string of the molecule is CCN(C)S(=O)(=O)c1csc(C(=O)Nc2ccccc2O)c1. The summed E-state index contributed by atoms with van der Waals surface area (Å²) in [5.74, 6) is -0.516. The van der Waals surface area contributed by atoms with E-state index in [1.807, 2.05) is 0 Å². The molecule has 0 aliphatic carbocycles. The zero-order chi connectivity index (χ0) is 16.3. The molecule has 2 rings (SSSR count). The van der Waals surface area contributed by atoms with E-state index in [4.69, 9.17) is 0 Å². The molecule has 22 heavy (non-hydrogen) atoms. The Labute approximate surface area is 133 Å². The predicted molar refractivity (Wildman–Crippen MR) is 85.9 cm³/mol. The minimum absolute atomic E-state index is 0.0500. The second-order valence-electron chi connectivity index (χ2n) is 4.54. The summed E-state index contributed by atoms with van der Waals surface area (Å²) in [6.07, 6.45) is 0. The molecule has 0 aliphatic rings. The Kier molecular flexibility index (Phi) is 4.84. The molecular formula is C14H16N2O4S2. The topological polar surface area (TPSA) is 86.7 Å². The van der Waals surface area contributed by atoms with E-state index in [-0.39, 0.29) is 21.2 Å². The number of carbonyl (C=O) groups is 1. The second-order valence-corrected chi connectivity index (χ2v) is 7.49. The second kappa shape index (κ2) is 6.47. The quantitative estimate of drug-likeness (QED) is 0.818. The zero-order valence-electron chi connectivity index (χ0n) is 12.1. The molecule has 0 spiro atoms. The van der Waals surface area contributed by atoms with Gasteiger partial charge in [0.1, 0.15) is 5.75 Å². The third kappa shape index (κ3) is 3.29. The molecule has 0 fully saturated rings. The molecule has 0 saturated carbocycles. The van der Waals surface area contributed by atoms with Crippen LogP contribution in [0.15, 0.2) is 40.6 Å². The number of thiophene rings is 1. The van der Waals surface area contributed by atoms with Crippen molar-refractivity contribution >= 4 is 33.0 Å². The molecule has 1 aromatic carbocycles. The molecule has 0 bridgehead atoms. The van der Waals surface area contributed by atoms with Gasteiger partial charge in [-0.3, -0.25) is 4.79 Å². The van der Waals surface area contributed by atoms with Crippen molar-refractivity contribution in [2.45, 2.75) is 11.8 Å². The molecule has 2 N–H and O–H groups in total. The van der Waals surface area contributed by atoms with Gasteiger partial charge in [-0.25, -0.2) is 12.7 Å². The highest BCUT2D eigenvalue weighted by molar-refractivity contribution is 7.89. The smallest absolute Gasteiger partial charge is 0.265 e. The number of hydrogen-bond donors (Lipinski definition) is 2. The Morgan fingerprint density at radius 3 is 2.68 bits per heavy atom. The van der Waals surface area contributed by atoms with Crippen LogP contribution >= 0.6 is 11.3 Å². The lowest BCUT2D eigenvalue weighted by atomic mass is 10.3. The van der Waals surface area contributed by atoms with E-state index in [9.17, 15) is 18.3 Å². The maximum Gasteiger partial charge on any atom is 0.265 e. The minimum Gasteiger partial charge on any atom is -0.506 e. The van der Waals surface area contributed by atoms with Crippen molar-refractivity contribution in [1.82, 2.24) is 4.31 Å². The fourth-order valence-electron chi connectivity index (χ4n) is 1.69. The number of phenolic OH excluding ortho intramolecular Hbond substituents is 1. The number of aromatic hydroxyl groups is 1. The van der Waals surface area contributed by atoms with Crippen LogP contribution in [0.5, 0.6) is 5.75 Å². The highest BCUT2D eigenvalue weighted by atomic mass is 32.2. The first kappa shape index (κ1) is 16.5. The largest absolute Gasteiger partial charge is 0.506 e. The van der Waals surface area contributed by atoms with E-state index in [0.29, 0.717) is 6.54 Å². The molecule has 0 atom stereocenters. The van der Waals surface area contributed by atoms with Gasteiger partial charge in [-0.05, 0) is 18.2 Å². The van der Waals surface area contributed by atoms with Gasteiger partial charge in [0.05, 0.1) is 15.5 Å². The molecule has 0 radical (unpaired) electrons. The molecule has 1 aromatic heterocycles. The van der Waals surface area contributed by atoms with E-state index in [1.165, 1.54) is 28.9 Å². The summed E-state index contributed by atoms with van der Waals surface area (Å²) in [5.41, 5.74) is 0.274. The molecule has 0 saturated heterocycles. The van der Waals surface area contributed by atoms with E-state index >= 15 is 0 Å². The minimum atomic E-state index is -3.57. The Morgan fingerprint density at radius 1 is 1.36 bits per heavy atom. The highest BCUT2D eigenvalue weighted by Gasteiger charge is 2.22. The van der Waals surface area contributed by atoms with Crippen molar-refractivity contribution < 1.29 is 18.3 Å². The van der Waals surface area contributed by atoms with Gasteiger partial charge in [0.25, 0.3) is 5.91 Å². The van der Waals surface area contributed by atoms with Crippen LogP contribution in [-0.2, 0) is 10.0 Å². The van der Waals surface area contributed by atoms with E-state index < -0.39 is 15.9 Å². The van der Waals surface area contributed by atoms with Crippen molar-refractivity contribution in [2.24, 2.45) is 0 Å². The molecule has 6 nitrogen and oxygen atoms in total. The van der Waals surface area contributed by atoms with Crippen LogP contribution in [0.3, 0.4) is 0 Å². The van der Waals surface area contributed by atoms with E-state index in [1.54, 1.807) is 25.1 Å². The molecule has 8 heteroatoms. The van der Waals surface area contributed by atoms with Gasteiger partial charge in [0, 0.05) is 19.0 Å². The number of para-hydroxylation sites is 2. The number of sulfonamides is 1. The molecule has 118 valence electrons. The van der Waals surface area contributed by atoms with Crippen LogP contribution < -0.4 is 5.32 Å². The summed E-state index contributed by atoms with van der Waals surface area (Å²) < 4.78 is 25.6. The fraction of sp³-hybridized carbons (Fsp3) is 0.214. The third-order valence-electron chi connectivity index (χ3n) is 3.10. The molecule has 2 aromatic rings. The fourth-order valence-corrected chi connectivity index (χ4v) is 4.02. The zero-order valence-corrected chi connectivity index (χ0v) is 13.7. The van der Waals surface area contributed by atoms with Crippen molar-refractivity contribution in [3.8, 4) is 5.75 Å². The van der Waals surface area contributed by atoms with Gasteiger partial charge < -0.3 is 10.4 Å². The molecule has 0 unspecified atom stereocenters. The monoisotopic (exact) mass is 340 g/mol. The van der Waals surface area contributed by atoms with Crippen molar-refractivity contribution in [2.75, 3.05) is 18.9 Å². The third-order valence-corrected chi connectivity index (χ3v) is 6.09. The number of hydrogen-bond acceptors (Lipinski definition) is 5. The Bertz CT molecular complexity index is 784. The number of amides is 1. The summed E-state index contributed by atoms with van der Waals surface area (Å²) in [5, 5.41) is 13.6. The number of rotatable bonds is 5. The molecule has 1 heterocycles. The van der Waals surface area contributed by atoms with Gasteiger partial charge in [0.15, 0.2) is 0 Å². The van der Waals surface area contributed by atoms with Gasteiger partial charge in [-0.2, -0.15) is 0 Å². The van der Waals surface area contributed by atoms with E-state index in [2.05, 4.69) is 5.32 Å². The van der Waals surface area contributed by atoms with Gasteiger partial charge >= 0.3 is 0 Å². The Hall–Kier alpha value is -1.90. The van der Waals surface area contributed by atoms with Gasteiger partial charge in [-0.1, -0.05) is 19.1 Å². The average molecular weight is 340 g/mol. The lowest BCUT2D eigenvalue weighted by molar-refractivity contribution is 0.103. The standard InChI is InChI=1S/C14H16N2O4S2/c1-3-16(2)22(19,20)10-8-13(21-9-10)14(18)15-11-6-4-5-7-12(11)17/h4-9,17H,3H2,1-2H3,(H,15,18). The van der Waals surface area contributed by atoms with Crippen molar-refractivity contribution in [1.29, 1.82) is 0 Å². The summed E-state index contributed by atoms with van der Waals surface area (Å²) in [4.78, 5) is 12.5. The summed E-state index contributed by atoms with van der Waals surface area (Å²) in [6, 6.07) is 7.66. The normalized spacial score (nSPS) is 11.6. The first-order valence-corrected chi connectivity index (χ1v) is 8.82. The Morgan fingerprint density at radius 2 is 2.05 bits per heavy atom.